The zero-order valence-electron chi connectivity index (χ0n) is 14.9. The van der Waals surface area contributed by atoms with Crippen LogP contribution in [0.4, 0.5) is 0 Å². The van der Waals surface area contributed by atoms with Crippen molar-refractivity contribution in [2.45, 2.75) is 96.3 Å². The molecule has 132 valence electrons. The first kappa shape index (κ1) is 20.5. The Morgan fingerprint density at radius 1 is 0.565 bits per heavy atom. The van der Waals surface area contributed by atoms with Crippen LogP contribution < -0.4 is 0 Å². The fourth-order valence-corrected chi connectivity index (χ4v) is 3.28. The number of aromatic nitrogens is 1. The monoisotopic (exact) mass is 337 g/mol. The molecule has 0 unspecified atom stereocenters. The van der Waals surface area contributed by atoms with Gasteiger partial charge in [0, 0.05) is 18.3 Å². The molecule has 2 heteroatoms. The van der Waals surface area contributed by atoms with Gasteiger partial charge in [-0.2, -0.15) is 0 Å². The third-order valence-electron chi connectivity index (χ3n) is 4.60. The summed E-state index contributed by atoms with van der Waals surface area (Å²) < 4.78 is 0. The molecular formula is C21H36ClN. The molecule has 1 aromatic heterocycles. The highest BCUT2D eigenvalue weighted by molar-refractivity contribution is 6.17. The minimum absolute atomic E-state index is 0.837. The molecule has 0 aliphatic heterocycles. The zero-order chi connectivity index (χ0) is 16.4. The van der Waals surface area contributed by atoms with Crippen LogP contribution in [0, 0.1) is 0 Å². The van der Waals surface area contributed by atoms with E-state index in [1.807, 2.05) is 12.4 Å². The molecule has 0 atom stereocenters. The molecule has 0 aromatic carbocycles. The van der Waals surface area contributed by atoms with Gasteiger partial charge in [0.2, 0.25) is 0 Å². The Hall–Kier alpha value is -0.560. The second kappa shape index (κ2) is 16.3. The lowest BCUT2D eigenvalue weighted by atomic mass is 10.0. The van der Waals surface area contributed by atoms with E-state index in [4.69, 9.17) is 11.6 Å². The summed E-state index contributed by atoms with van der Waals surface area (Å²) in [6.07, 6.45) is 24.5. The maximum Gasteiger partial charge on any atom is 0.0270 e. The summed E-state index contributed by atoms with van der Waals surface area (Å²) in [6, 6.07) is 4.27. The summed E-state index contributed by atoms with van der Waals surface area (Å²) in [5.74, 6) is 0.837. The normalized spacial score (nSPS) is 11.0. The summed E-state index contributed by atoms with van der Waals surface area (Å²) in [4.78, 5) is 4.06. The molecule has 1 aromatic rings. The highest BCUT2D eigenvalue weighted by Gasteiger charge is 1.95. The van der Waals surface area contributed by atoms with Crippen LogP contribution in [-0.4, -0.2) is 10.9 Å². The predicted molar refractivity (Wildman–Crippen MR) is 103 cm³/mol. The van der Waals surface area contributed by atoms with E-state index in [0.29, 0.717) is 0 Å². The van der Waals surface area contributed by atoms with E-state index in [9.17, 15) is 0 Å². The van der Waals surface area contributed by atoms with Gasteiger partial charge in [0.15, 0.2) is 0 Å². The molecule has 0 spiro atoms. The SMILES string of the molecule is ClCCCCCCCCCCCCCCCCc1ccncc1. The fourth-order valence-electron chi connectivity index (χ4n) is 3.09. The highest BCUT2D eigenvalue weighted by atomic mass is 35.5. The Kier molecular flexibility index (Phi) is 14.5. The number of hydrogen-bond donors (Lipinski definition) is 0. The first-order chi connectivity index (χ1) is 11.4. The van der Waals surface area contributed by atoms with Crippen molar-refractivity contribution in [2.24, 2.45) is 0 Å². The summed E-state index contributed by atoms with van der Waals surface area (Å²) in [5, 5.41) is 0. The van der Waals surface area contributed by atoms with Crippen molar-refractivity contribution in [2.75, 3.05) is 5.88 Å². The smallest absolute Gasteiger partial charge is 0.0270 e. The van der Waals surface area contributed by atoms with Crippen molar-refractivity contribution in [3.63, 3.8) is 0 Å². The number of rotatable bonds is 16. The molecule has 0 saturated carbocycles. The van der Waals surface area contributed by atoms with Gasteiger partial charge in [-0.05, 0) is 37.0 Å². The Labute approximate surface area is 149 Å². The third kappa shape index (κ3) is 13.6. The average molecular weight is 338 g/mol. The summed E-state index contributed by atoms with van der Waals surface area (Å²) in [6.45, 7) is 0. The molecule has 0 saturated heterocycles. The van der Waals surface area contributed by atoms with Crippen molar-refractivity contribution >= 4 is 11.6 Å². The fraction of sp³-hybridized carbons (Fsp3) is 0.762. The molecule has 0 bridgehead atoms. The van der Waals surface area contributed by atoms with Crippen molar-refractivity contribution in [3.05, 3.63) is 30.1 Å². The molecular weight excluding hydrogens is 302 g/mol. The lowest BCUT2D eigenvalue weighted by molar-refractivity contribution is 0.536. The number of pyridine rings is 1. The first-order valence-corrected chi connectivity index (χ1v) is 10.4. The minimum Gasteiger partial charge on any atom is -0.265 e. The van der Waals surface area contributed by atoms with Crippen LogP contribution in [0.5, 0.6) is 0 Å². The molecule has 0 radical (unpaired) electrons. The van der Waals surface area contributed by atoms with Crippen LogP contribution in [0.2, 0.25) is 0 Å². The van der Waals surface area contributed by atoms with E-state index in [0.717, 1.165) is 5.88 Å². The van der Waals surface area contributed by atoms with E-state index in [2.05, 4.69) is 17.1 Å². The molecule has 1 heterocycles. The molecule has 1 nitrogen and oxygen atoms in total. The van der Waals surface area contributed by atoms with Gasteiger partial charge in [-0.25, -0.2) is 0 Å². The van der Waals surface area contributed by atoms with Gasteiger partial charge in [0.05, 0.1) is 0 Å². The van der Waals surface area contributed by atoms with Gasteiger partial charge in [0.1, 0.15) is 0 Å². The lowest BCUT2D eigenvalue weighted by Gasteiger charge is -2.03. The van der Waals surface area contributed by atoms with E-state index in [1.54, 1.807) is 0 Å². The minimum atomic E-state index is 0.837. The number of hydrogen-bond acceptors (Lipinski definition) is 1. The van der Waals surface area contributed by atoms with E-state index >= 15 is 0 Å². The van der Waals surface area contributed by atoms with E-state index in [-0.39, 0.29) is 0 Å². The summed E-state index contributed by atoms with van der Waals surface area (Å²) >= 11 is 5.68. The molecule has 0 aliphatic rings. The van der Waals surface area contributed by atoms with Gasteiger partial charge >= 0.3 is 0 Å². The largest absolute Gasteiger partial charge is 0.265 e. The number of alkyl halides is 1. The molecule has 0 N–H and O–H groups in total. The number of unbranched alkanes of at least 4 members (excludes halogenated alkanes) is 13. The van der Waals surface area contributed by atoms with Gasteiger partial charge in [-0.1, -0.05) is 77.0 Å². The van der Waals surface area contributed by atoms with Crippen LogP contribution in [0.25, 0.3) is 0 Å². The van der Waals surface area contributed by atoms with Crippen molar-refractivity contribution in [3.8, 4) is 0 Å². The van der Waals surface area contributed by atoms with Gasteiger partial charge < -0.3 is 0 Å². The van der Waals surface area contributed by atoms with Crippen LogP contribution in [-0.2, 0) is 6.42 Å². The summed E-state index contributed by atoms with van der Waals surface area (Å²) in [7, 11) is 0. The Morgan fingerprint density at radius 2 is 0.957 bits per heavy atom. The van der Waals surface area contributed by atoms with Gasteiger partial charge in [-0.3, -0.25) is 4.98 Å². The molecule has 23 heavy (non-hydrogen) atoms. The Bertz CT molecular complexity index is 339. The van der Waals surface area contributed by atoms with Gasteiger partial charge in [0.25, 0.3) is 0 Å². The predicted octanol–water partition coefficient (Wildman–Crippen LogP) is 7.32. The van der Waals surface area contributed by atoms with E-state index < -0.39 is 0 Å². The molecule has 0 amide bonds. The lowest BCUT2D eigenvalue weighted by Crippen LogP contribution is -1.87. The van der Waals surface area contributed by atoms with Crippen LogP contribution >= 0.6 is 11.6 Å². The van der Waals surface area contributed by atoms with Gasteiger partial charge in [-0.15, -0.1) is 11.6 Å². The molecule has 0 fully saturated rings. The van der Waals surface area contributed by atoms with Crippen LogP contribution in [0.1, 0.15) is 95.5 Å². The van der Waals surface area contributed by atoms with Crippen LogP contribution in [0.15, 0.2) is 24.5 Å². The second-order valence-corrected chi connectivity index (χ2v) is 7.12. The quantitative estimate of drug-likeness (QED) is 0.227. The zero-order valence-corrected chi connectivity index (χ0v) is 15.7. The van der Waals surface area contributed by atoms with Crippen molar-refractivity contribution in [1.82, 2.24) is 4.98 Å². The molecule has 0 aliphatic carbocycles. The first-order valence-electron chi connectivity index (χ1n) is 9.88. The van der Waals surface area contributed by atoms with E-state index in [1.165, 1.54) is 102 Å². The maximum absolute atomic E-state index is 5.68. The Balaban J connectivity index is 1.72. The summed E-state index contributed by atoms with van der Waals surface area (Å²) in [5.41, 5.74) is 1.43. The second-order valence-electron chi connectivity index (χ2n) is 6.74. The standard InChI is InChI=1S/C21H36ClN/c22-18-14-12-10-8-6-4-2-1-3-5-7-9-11-13-15-21-16-19-23-20-17-21/h16-17,19-20H,1-15,18H2. The highest BCUT2D eigenvalue weighted by Crippen LogP contribution is 2.13. The number of halogens is 1. The third-order valence-corrected chi connectivity index (χ3v) is 4.87. The number of aryl methyl sites for hydroxylation is 1. The average Bonchev–Trinajstić information content (AvgIpc) is 2.59. The topological polar surface area (TPSA) is 12.9 Å². The van der Waals surface area contributed by atoms with Crippen molar-refractivity contribution in [1.29, 1.82) is 0 Å². The molecule has 1 rings (SSSR count). The Morgan fingerprint density at radius 3 is 1.39 bits per heavy atom. The van der Waals surface area contributed by atoms with Crippen molar-refractivity contribution < 1.29 is 0 Å². The number of nitrogens with zero attached hydrogens (tertiary/aromatic N) is 1. The maximum atomic E-state index is 5.68. The van der Waals surface area contributed by atoms with Crippen LogP contribution in [0.3, 0.4) is 0 Å².